The Kier molecular flexibility index (Phi) is 3.04. The van der Waals surface area contributed by atoms with Crippen LogP contribution in [0.25, 0.3) is 0 Å². The largest absolute Gasteiger partial charge is 0.0837 e. The second-order valence-electron chi connectivity index (χ2n) is 5.79. The standard InChI is InChI=1S/C15H24/c1-10(2)13-9-8-11(3)14-7-5-6-12(4)15(13)14/h5-6,10-11,13-14H,7-9H2,1-4H3. The highest BCUT2D eigenvalue weighted by atomic mass is 14.4. The molecule has 1 fully saturated rings. The van der Waals surface area contributed by atoms with Crippen molar-refractivity contribution in [3.05, 3.63) is 23.3 Å². The Bertz CT molecular complexity index is 293. The molecule has 0 N–H and O–H groups in total. The first-order valence-corrected chi connectivity index (χ1v) is 6.48. The van der Waals surface area contributed by atoms with E-state index in [0.717, 1.165) is 23.7 Å². The van der Waals surface area contributed by atoms with Gasteiger partial charge in [-0.25, -0.2) is 0 Å². The third-order valence-corrected chi connectivity index (χ3v) is 4.44. The van der Waals surface area contributed by atoms with Crippen LogP contribution in [0.4, 0.5) is 0 Å². The van der Waals surface area contributed by atoms with Gasteiger partial charge in [0.2, 0.25) is 0 Å². The van der Waals surface area contributed by atoms with Gasteiger partial charge in [0.25, 0.3) is 0 Å². The van der Waals surface area contributed by atoms with Crippen LogP contribution in [-0.4, -0.2) is 0 Å². The number of hydrogen-bond donors (Lipinski definition) is 0. The van der Waals surface area contributed by atoms with E-state index in [4.69, 9.17) is 0 Å². The Hall–Kier alpha value is -0.520. The van der Waals surface area contributed by atoms with Gasteiger partial charge in [-0.2, -0.15) is 0 Å². The van der Waals surface area contributed by atoms with E-state index in [1.54, 1.807) is 11.1 Å². The van der Waals surface area contributed by atoms with Crippen LogP contribution in [0.5, 0.6) is 0 Å². The molecule has 2 rings (SSSR count). The molecule has 0 aromatic heterocycles. The molecule has 3 unspecified atom stereocenters. The average Bonchev–Trinajstić information content (AvgIpc) is 2.19. The summed E-state index contributed by atoms with van der Waals surface area (Å²) in [5.74, 6) is 3.43. The van der Waals surface area contributed by atoms with Crippen molar-refractivity contribution < 1.29 is 0 Å². The quantitative estimate of drug-likeness (QED) is 0.586. The molecule has 0 aromatic rings. The number of hydrogen-bond acceptors (Lipinski definition) is 0. The molecule has 0 radical (unpaired) electrons. The molecule has 0 heterocycles. The van der Waals surface area contributed by atoms with E-state index in [0.29, 0.717) is 0 Å². The van der Waals surface area contributed by atoms with Gasteiger partial charge in [-0.05, 0) is 49.9 Å². The first-order valence-electron chi connectivity index (χ1n) is 6.48. The minimum atomic E-state index is 0.816. The molecule has 3 atom stereocenters. The summed E-state index contributed by atoms with van der Waals surface area (Å²) in [5, 5.41) is 0. The molecule has 2 aliphatic rings. The van der Waals surface area contributed by atoms with Gasteiger partial charge in [-0.3, -0.25) is 0 Å². The minimum Gasteiger partial charge on any atom is -0.0837 e. The fourth-order valence-electron chi connectivity index (χ4n) is 3.50. The minimum absolute atomic E-state index is 0.816. The maximum atomic E-state index is 2.44. The molecule has 0 spiro atoms. The maximum Gasteiger partial charge on any atom is -0.0134 e. The summed E-state index contributed by atoms with van der Waals surface area (Å²) >= 11 is 0. The lowest BCUT2D eigenvalue weighted by atomic mass is 9.64. The number of allylic oxidation sites excluding steroid dienone is 4. The highest BCUT2D eigenvalue weighted by molar-refractivity contribution is 5.33. The fraction of sp³-hybridized carbons (Fsp3) is 0.733. The van der Waals surface area contributed by atoms with Gasteiger partial charge in [-0.15, -0.1) is 0 Å². The third-order valence-electron chi connectivity index (χ3n) is 4.44. The zero-order chi connectivity index (χ0) is 11.0. The highest BCUT2D eigenvalue weighted by Crippen LogP contribution is 2.46. The molecule has 0 saturated heterocycles. The van der Waals surface area contributed by atoms with E-state index in [-0.39, 0.29) is 0 Å². The maximum absolute atomic E-state index is 2.44. The van der Waals surface area contributed by atoms with Crippen LogP contribution in [0.3, 0.4) is 0 Å². The number of fused-ring (bicyclic) bond motifs is 1. The van der Waals surface area contributed by atoms with Gasteiger partial charge in [-0.1, -0.05) is 44.1 Å². The SMILES string of the molecule is CC1=C2C(C(C)C)CCC(C)C2CC=C1. The summed E-state index contributed by atoms with van der Waals surface area (Å²) in [6.07, 6.45) is 8.85. The summed E-state index contributed by atoms with van der Waals surface area (Å²) in [6.45, 7) is 9.52. The molecular formula is C15H24. The Balaban J connectivity index is 2.34. The van der Waals surface area contributed by atoms with Crippen LogP contribution in [0.2, 0.25) is 0 Å². The van der Waals surface area contributed by atoms with E-state index in [1.807, 2.05) is 0 Å². The van der Waals surface area contributed by atoms with E-state index in [9.17, 15) is 0 Å². The molecule has 0 aliphatic heterocycles. The predicted molar refractivity (Wildman–Crippen MR) is 66.7 cm³/mol. The second kappa shape index (κ2) is 4.15. The zero-order valence-corrected chi connectivity index (χ0v) is 10.6. The molecule has 0 heteroatoms. The van der Waals surface area contributed by atoms with E-state index < -0.39 is 0 Å². The Morgan fingerprint density at radius 2 is 2.00 bits per heavy atom. The Morgan fingerprint density at radius 3 is 2.67 bits per heavy atom. The first-order chi connectivity index (χ1) is 7.11. The van der Waals surface area contributed by atoms with Crippen molar-refractivity contribution in [3.8, 4) is 0 Å². The second-order valence-corrected chi connectivity index (χ2v) is 5.79. The van der Waals surface area contributed by atoms with Gasteiger partial charge >= 0.3 is 0 Å². The average molecular weight is 204 g/mol. The van der Waals surface area contributed by atoms with Crippen molar-refractivity contribution in [1.29, 1.82) is 0 Å². The monoisotopic (exact) mass is 204 g/mol. The molecular weight excluding hydrogens is 180 g/mol. The first kappa shape index (κ1) is 11.0. The van der Waals surface area contributed by atoms with Crippen molar-refractivity contribution in [2.45, 2.75) is 47.0 Å². The number of rotatable bonds is 1. The molecule has 15 heavy (non-hydrogen) atoms. The van der Waals surface area contributed by atoms with Gasteiger partial charge in [0, 0.05) is 0 Å². The van der Waals surface area contributed by atoms with Gasteiger partial charge in [0.15, 0.2) is 0 Å². The lowest BCUT2D eigenvalue weighted by Gasteiger charge is -2.41. The van der Waals surface area contributed by atoms with Crippen LogP contribution >= 0.6 is 0 Å². The van der Waals surface area contributed by atoms with Crippen LogP contribution in [0, 0.1) is 23.7 Å². The summed E-state index contributed by atoms with van der Waals surface area (Å²) in [6, 6.07) is 0. The van der Waals surface area contributed by atoms with Gasteiger partial charge in [0.05, 0.1) is 0 Å². The molecule has 1 saturated carbocycles. The predicted octanol–water partition coefficient (Wildman–Crippen LogP) is 4.58. The van der Waals surface area contributed by atoms with Crippen LogP contribution < -0.4 is 0 Å². The highest BCUT2D eigenvalue weighted by Gasteiger charge is 2.35. The normalized spacial score (nSPS) is 35.9. The summed E-state index contributed by atoms with van der Waals surface area (Å²) in [7, 11) is 0. The van der Waals surface area contributed by atoms with Crippen molar-refractivity contribution in [3.63, 3.8) is 0 Å². The Labute approximate surface area is 94.5 Å². The third kappa shape index (κ3) is 1.91. The van der Waals surface area contributed by atoms with Crippen molar-refractivity contribution >= 4 is 0 Å². The van der Waals surface area contributed by atoms with E-state index in [1.165, 1.54) is 19.3 Å². The summed E-state index contributed by atoms with van der Waals surface area (Å²) < 4.78 is 0. The smallest absolute Gasteiger partial charge is 0.0134 e. The topological polar surface area (TPSA) is 0 Å². The molecule has 84 valence electrons. The zero-order valence-electron chi connectivity index (χ0n) is 10.6. The summed E-state index contributed by atoms with van der Waals surface area (Å²) in [5.41, 5.74) is 3.36. The fourth-order valence-corrected chi connectivity index (χ4v) is 3.50. The molecule has 0 aromatic carbocycles. The molecule has 0 bridgehead atoms. The van der Waals surface area contributed by atoms with E-state index >= 15 is 0 Å². The van der Waals surface area contributed by atoms with Crippen LogP contribution in [0.15, 0.2) is 23.3 Å². The van der Waals surface area contributed by atoms with Gasteiger partial charge in [0.1, 0.15) is 0 Å². The lowest BCUT2D eigenvalue weighted by molar-refractivity contribution is 0.235. The summed E-state index contributed by atoms with van der Waals surface area (Å²) in [4.78, 5) is 0. The van der Waals surface area contributed by atoms with E-state index in [2.05, 4.69) is 39.8 Å². The van der Waals surface area contributed by atoms with Crippen LogP contribution in [0.1, 0.15) is 47.0 Å². The molecule has 2 aliphatic carbocycles. The lowest BCUT2D eigenvalue weighted by Crippen LogP contribution is -2.30. The van der Waals surface area contributed by atoms with Crippen molar-refractivity contribution in [1.82, 2.24) is 0 Å². The van der Waals surface area contributed by atoms with Crippen molar-refractivity contribution in [2.24, 2.45) is 23.7 Å². The molecule has 0 amide bonds. The van der Waals surface area contributed by atoms with Crippen molar-refractivity contribution in [2.75, 3.05) is 0 Å². The van der Waals surface area contributed by atoms with Crippen LogP contribution in [-0.2, 0) is 0 Å². The van der Waals surface area contributed by atoms with Gasteiger partial charge < -0.3 is 0 Å². The molecule has 0 nitrogen and oxygen atoms in total. The Morgan fingerprint density at radius 1 is 1.27 bits per heavy atom.